The van der Waals surface area contributed by atoms with Crippen LogP contribution in [0.25, 0.3) is 0 Å². The van der Waals surface area contributed by atoms with Gasteiger partial charge in [-0.2, -0.15) is 0 Å². The van der Waals surface area contributed by atoms with Gasteiger partial charge >= 0.3 is 12.2 Å². The highest BCUT2D eigenvalue weighted by Crippen LogP contribution is 2.17. The third-order valence-electron chi connectivity index (χ3n) is 4.62. The molecule has 1 aliphatic rings. The number of aliphatic hydroxyl groups excluding tert-OH is 1. The van der Waals surface area contributed by atoms with Gasteiger partial charge in [-0.05, 0) is 31.2 Å². The third-order valence-corrected chi connectivity index (χ3v) is 4.62. The molecule has 1 unspecified atom stereocenters. The fourth-order valence-corrected chi connectivity index (χ4v) is 2.72. The normalized spacial score (nSPS) is 16.7. The maximum Gasteiger partial charge on any atom is 0.438 e. The lowest BCUT2D eigenvalue weighted by molar-refractivity contribution is -0.192. The predicted octanol–water partition coefficient (Wildman–Crippen LogP) is 1.99. The zero-order chi connectivity index (χ0) is 23.2. The van der Waals surface area contributed by atoms with E-state index in [-0.39, 0.29) is 19.4 Å². The van der Waals surface area contributed by atoms with Crippen molar-refractivity contribution >= 4 is 18.1 Å². The maximum atomic E-state index is 12.1. The SMILES string of the molecule is C=C/C=C(\C=C/N(C)C(=O)ON1C(=O)CCC1O)CNC(=O)OCCCN(CC)CC. The molecule has 0 radical (unpaired) electrons. The summed E-state index contributed by atoms with van der Waals surface area (Å²) in [6, 6.07) is 0. The van der Waals surface area contributed by atoms with Gasteiger partial charge in [-0.3, -0.25) is 9.69 Å². The molecule has 0 bridgehead atoms. The molecule has 0 aliphatic carbocycles. The molecular weight excluding hydrogens is 404 g/mol. The minimum absolute atomic E-state index is 0.122. The Hall–Kier alpha value is -2.85. The van der Waals surface area contributed by atoms with Gasteiger partial charge in [0.25, 0.3) is 5.91 Å². The molecule has 174 valence electrons. The molecule has 10 heteroatoms. The summed E-state index contributed by atoms with van der Waals surface area (Å²) < 4.78 is 5.17. The van der Waals surface area contributed by atoms with Gasteiger partial charge in [0, 0.05) is 39.2 Å². The van der Waals surface area contributed by atoms with Gasteiger partial charge < -0.3 is 24.9 Å². The van der Waals surface area contributed by atoms with Crippen molar-refractivity contribution in [2.45, 2.75) is 39.3 Å². The lowest BCUT2D eigenvalue weighted by Gasteiger charge is -2.21. The quantitative estimate of drug-likeness (QED) is 0.354. The molecule has 0 saturated carbocycles. The summed E-state index contributed by atoms with van der Waals surface area (Å²) >= 11 is 0. The summed E-state index contributed by atoms with van der Waals surface area (Å²) in [4.78, 5) is 43.8. The summed E-state index contributed by atoms with van der Waals surface area (Å²) in [6.45, 7) is 11.1. The van der Waals surface area contributed by atoms with Crippen molar-refractivity contribution in [2.24, 2.45) is 0 Å². The monoisotopic (exact) mass is 438 g/mol. The number of nitrogens with zero attached hydrogens (tertiary/aromatic N) is 3. The number of amides is 3. The van der Waals surface area contributed by atoms with Crippen LogP contribution in [-0.2, 0) is 14.4 Å². The van der Waals surface area contributed by atoms with Gasteiger partial charge in [0.15, 0.2) is 6.23 Å². The van der Waals surface area contributed by atoms with Crippen molar-refractivity contribution in [3.05, 3.63) is 36.6 Å². The van der Waals surface area contributed by atoms with Crippen molar-refractivity contribution in [1.82, 2.24) is 20.2 Å². The minimum Gasteiger partial charge on any atom is -0.450 e. The van der Waals surface area contributed by atoms with Gasteiger partial charge in [0.1, 0.15) is 0 Å². The van der Waals surface area contributed by atoms with Gasteiger partial charge in [-0.25, -0.2) is 9.59 Å². The second-order valence-corrected chi connectivity index (χ2v) is 6.87. The molecule has 31 heavy (non-hydrogen) atoms. The molecule has 10 nitrogen and oxygen atoms in total. The first-order chi connectivity index (χ1) is 14.8. The highest BCUT2D eigenvalue weighted by Gasteiger charge is 2.33. The molecule has 0 aromatic carbocycles. The van der Waals surface area contributed by atoms with Crippen LogP contribution in [0.2, 0.25) is 0 Å². The smallest absolute Gasteiger partial charge is 0.438 e. The zero-order valence-electron chi connectivity index (χ0n) is 18.6. The van der Waals surface area contributed by atoms with Gasteiger partial charge in [0.05, 0.1) is 6.61 Å². The number of nitrogens with one attached hydrogen (secondary N) is 1. The zero-order valence-corrected chi connectivity index (χ0v) is 18.6. The van der Waals surface area contributed by atoms with E-state index in [0.717, 1.165) is 31.0 Å². The number of allylic oxidation sites excluding steroid dienone is 2. The van der Waals surface area contributed by atoms with Crippen molar-refractivity contribution in [2.75, 3.05) is 39.8 Å². The predicted molar refractivity (Wildman–Crippen MR) is 116 cm³/mol. The van der Waals surface area contributed by atoms with E-state index in [2.05, 4.69) is 30.6 Å². The molecule has 1 fully saturated rings. The lowest BCUT2D eigenvalue weighted by Crippen LogP contribution is -2.38. The van der Waals surface area contributed by atoms with Crippen molar-refractivity contribution in [3.63, 3.8) is 0 Å². The van der Waals surface area contributed by atoms with E-state index in [4.69, 9.17) is 9.57 Å². The Bertz CT molecular complexity index is 675. The van der Waals surface area contributed by atoms with Crippen LogP contribution in [0.5, 0.6) is 0 Å². The highest BCUT2D eigenvalue weighted by molar-refractivity contribution is 5.79. The summed E-state index contributed by atoms with van der Waals surface area (Å²) in [7, 11) is 1.44. The number of aliphatic hydroxyl groups is 1. The molecule has 1 saturated heterocycles. The molecule has 3 amide bonds. The largest absolute Gasteiger partial charge is 0.450 e. The molecule has 0 aromatic heterocycles. The third kappa shape index (κ3) is 9.67. The lowest BCUT2D eigenvalue weighted by atomic mass is 10.2. The van der Waals surface area contributed by atoms with Crippen LogP contribution < -0.4 is 5.32 Å². The Morgan fingerprint density at radius 2 is 2.06 bits per heavy atom. The van der Waals surface area contributed by atoms with E-state index >= 15 is 0 Å². The van der Waals surface area contributed by atoms with Crippen LogP contribution in [0.3, 0.4) is 0 Å². The Morgan fingerprint density at radius 3 is 2.65 bits per heavy atom. The first-order valence-electron chi connectivity index (χ1n) is 10.4. The molecule has 1 atom stereocenters. The van der Waals surface area contributed by atoms with Crippen LogP contribution in [-0.4, -0.2) is 84.1 Å². The topological polar surface area (TPSA) is 112 Å². The van der Waals surface area contributed by atoms with Gasteiger partial charge in [-0.1, -0.05) is 32.6 Å². The number of carbonyl (C=O) groups excluding carboxylic acids is 3. The second kappa shape index (κ2) is 14.2. The average Bonchev–Trinajstić information content (AvgIpc) is 3.07. The second-order valence-electron chi connectivity index (χ2n) is 6.87. The molecule has 1 rings (SSSR count). The van der Waals surface area contributed by atoms with Crippen LogP contribution in [0, 0.1) is 0 Å². The van der Waals surface area contributed by atoms with Crippen LogP contribution >= 0.6 is 0 Å². The van der Waals surface area contributed by atoms with Crippen molar-refractivity contribution in [1.29, 1.82) is 0 Å². The summed E-state index contributed by atoms with van der Waals surface area (Å²) in [5.74, 6) is -0.453. The number of hydrogen-bond acceptors (Lipinski definition) is 7. The van der Waals surface area contributed by atoms with E-state index in [0.29, 0.717) is 17.2 Å². The molecule has 1 aliphatic heterocycles. The number of carbonyl (C=O) groups is 3. The summed E-state index contributed by atoms with van der Waals surface area (Å²) in [6.07, 6.45) is 4.83. The average molecular weight is 439 g/mol. The van der Waals surface area contributed by atoms with Crippen molar-refractivity contribution in [3.8, 4) is 0 Å². The summed E-state index contributed by atoms with van der Waals surface area (Å²) in [5, 5.41) is 13.0. The number of hydroxylamine groups is 2. The Balaban J connectivity index is 2.43. The van der Waals surface area contributed by atoms with E-state index in [1.54, 1.807) is 18.2 Å². The Kier molecular flexibility index (Phi) is 12.0. The maximum absolute atomic E-state index is 12.1. The Morgan fingerprint density at radius 1 is 1.35 bits per heavy atom. The molecule has 1 heterocycles. The number of rotatable bonds is 12. The molecule has 2 N–H and O–H groups in total. The van der Waals surface area contributed by atoms with Crippen molar-refractivity contribution < 1.29 is 29.1 Å². The first-order valence-corrected chi connectivity index (χ1v) is 10.4. The van der Waals surface area contributed by atoms with E-state index in [9.17, 15) is 19.5 Å². The van der Waals surface area contributed by atoms with E-state index in [1.165, 1.54) is 13.2 Å². The molecule has 0 aromatic rings. The standard InChI is InChI=1S/C21H34N4O6/c1-5-9-17(16-22-20(28)30-15-8-13-24(6-2)7-3)12-14-23(4)21(29)31-25-18(26)10-11-19(25)27/h5,9,12,14,18,26H,1,6-8,10-11,13,15-16H2,2-4H3,(H,22,28)/b14-12-,17-9+. The first kappa shape index (κ1) is 26.2. The minimum atomic E-state index is -1.13. The van der Waals surface area contributed by atoms with Crippen LogP contribution in [0.15, 0.2) is 36.6 Å². The number of ether oxygens (including phenoxy) is 1. The van der Waals surface area contributed by atoms with Crippen LogP contribution in [0.4, 0.5) is 9.59 Å². The van der Waals surface area contributed by atoms with E-state index in [1.807, 2.05) is 0 Å². The van der Waals surface area contributed by atoms with Crippen LogP contribution in [0.1, 0.15) is 33.1 Å². The fraction of sp³-hybridized carbons (Fsp3) is 0.571. The molecular formula is C21H34N4O6. The van der Waals surface area contributed by atoms with E-state index < -0.39 is 24.3 Å². The van der Waals surface area contributed by atoms with Gasteiger partial charge in [0.2, 0.25) is 0 Å². The highest BCUT2D eigenvalue weighted by atomic mass is 16.7. The number of alkyl carbamates (subject to hydrolysis) is 1. The fourth-order valence-electron chi connectivity index (χ4n) is 2.72. The Labute approximate surface area is 183 Å². The van der Waals surface area contributed by atoms with Gasteiger partial charge in [-0.15, -0.1) is 5.06 Å². The number of hydrogen-bond donors (Lipinski definition) is 2. The molecule has 0 spiro atoms. The summed E-state index contributed by atoms with van der Waals surface area (Å²) in [5.41, 5.74) is 0.659.